The van der Waals surface area contributed by atoms with Crippen molar-refractivity contribution in [1.29, 1.82) is 0 Å². The zero-order chi connectivity index (χ0) is 47.1. The van der Waals surface area contributed by atoms with Crippen LogP contribution in [0.3, 0.4) is 0 Å². The Hall–Kier alpha value is -7.56. The van der Waals surface area contributed by atoms with Gasteiger partial charge in [0.1, 0.15) is 11.2 Å². The number of para-hydroxylation sites is 1. The lowest BCUT2D eigenvalue weighted by molar-refractivity contribution is 0.590. The van der Waals surface area contributed by atoms with Crippen molar-refractivity contribution in [3.8, 4) is 44.5 Å². The highest BCUT2D eigenvalue weighted by atomic mass is 16.3. The van der Waals surface area contributed by atoms with E-state index in [9.17, 15) is 0 Å². The maximum Gasteiger partial charge on any atom is 0.333 e. The van der Waals surface area contributed by atoms with E-state index in [0.717, 1.165) is 44.4 Å². The van der Waals surface area contributed by atoms with Gasteiger partial charge in [0.2, 0.25) is 0 Å². The summed E-state index contributed by atoms with van der Waals surface area (Å²) in [6.45, 7) is 18.5. The van der Waals surface area contributed by atoms with Gasteiger partial charge < -0.3 is 14.1 Å². The molecule has 0 saturated heterocycles. The molecule has 3 aliphatic rings. The van der Waals surface area contributed by atoms with E-state index in [0.29, 0.717) is 0 Å². The number of nitrogens with zero attached hydrogens (tertiary/aromatic N) is 2. The van der Waals surface area contributed by atoms with Gasteiger partial charge in [-0.25, -0.2) is 0 Å². The molecule has 0 saturated carbocycles. The molecule has 0 N–H and O–H groups in total. The van der Waals surface area contributed by atoms with Crippen LogP contribution in [0, 0.1) is 0 Å². The molecule has 1 aromatic heterocycles. The largest absolute Gasteiger partial charge is 0.455 e. The molecular formula is C65H55BN2O. The van der Waals surface area contributed by atoms with Gasteiger partial charge in [0, 0.05) is 55.6 Å². The summed E-state index contributed by atoms with van der Waals surface area (Å²) in [5, 5.41) is 2.24. The van der Waals surface area contributed by atoms with Crippen molar-refractivity contribution in [3.63, 3.8) is 0 Å². The molecule has 13 rings (SSSR count). The number of furan rings is 1. The third kappa shape index (κ3) is 6.14. The van der Waals surface area contributed by atoms with Crippen LogP contribution < -0.4 is 20.6 Å². The van der Waals surface area contributed by atoms with E-state index in [4.69, 9.17) is 4.42 Å². The van der Waals surface area contributed by atoms with Crippen LogP contribution in [0.4, 0.5) is 28.4 Å². The molecule has 1 aliphatic carbocycles. The lowest BCUT2D eigenvalue weighted by atomic mass is 9.41. The van der Waals surface area contributed by atoms with Gasteiger partial charge in [-0.05, 0) is 120 Å². The smallest absolute Gasteiger partial charge is 0.333 e. The first kappa shape index (κ1) is 41.6. The molecule has 4 heteroatoms. The number of rotatable bonds is 4. The Balaban J connectivity index is 1.22. The van der Waals surface area contributed by atoms with Crippen LogP contribution in [0.1, 0.15) is 77.6 Å². The predicted octanol–water partition coefficient (Wildman–Crippen LogP) is 16.5. The van der Waals surface area contributed by atoms with Crippen molar-refractivity contribution in [2.24, 2.45) is 0 Å². The second-order valence-corrected chi connectivity index (χ2v) is 22.1. The minimum atomic E-state index is -0.309. The van der Waals surface area contributed by atoms with Gasteiger partial charge in [0.05, 0.1) is 5.69 Å². The van der Waals surface area contributed by atoms with Gasteiger partial charge in [-0.1, -0.05) is 195 Å². The summed E-state index contributed by atoms with van der Waals surface area (Å²) in [5.41, 5.74) is 25.0. The lowest BCUT2D eigenvalue weighted by Gasteiger charge is -2.47. The van der Waals surface area contributed by atoms with Crippen LogP contribution in [0.2, 0.25) is 0 Å². The molecule has 0 unspecified atom stereocenters. The van der Waals surface area contributed by atoms with Gasteiger partial charge in [-0.3, -0.25) is 0 Å². The molecule has 9 aromatic carbocycles. The minimum Gasteiger partial charge on any atom is -0.455 e. The first-order valence-electron chi connectivity index (χ1n) is 24.6. The van der Waals surface area contributed by atoms with Crippen molar-refractivity contribution in [1.82, 2.24) is 0 Å². The SMILES string of the molecule is CC(C)(C)c1ccc(N2B3c4c(ccc5c4C(C)(C)c4ccccc4-5)N(c4ccc(C(C)(C)C)cc4-c4ccccc4)c4cc5c(oc6ccccc65)c(c43)-c3ccc(-c4ccccc4)cc32)cc1. The molecule has 10 aromatic rings. The second-order valence-electron chi connectivity index (χ2n) is 22.1. The zero-order valence-corrected chi connectivity index (χ0v) is 40.8. The molecule has 0 fully saturated rings. The van der Waals surface area contributed by atoms with Crippen molar-refractivity contribution in [3.05, 3.63) is 210 Å². The van der Waals surface area contributed by atoms with Crippen LogP contribution in [-0.2, 0) is 16.2 Å². The summed E-state index contributed by atoms with van der Waals surface area (Å²) in [5.74, 6) is 0. The third-order valence-corrected chi connectivity index (χ3v) is 15.5. The van der Waals surface area contributed by atoms with E-state index < -0.39 is 0 Å². The highest BCUT2D eigenvalue weighted by Crippen LogP contribution is 2.56. The average molecular weight is 891 g/mol. The molecular weight excluding hydrogens is 836 g/mol. The first-order valence-corrected chi connectivity index (χ1v) is 24.6. The lowest BCUT2D eigenvalue weighted by Crippen LogP contribution is -2.63. The maximum absolute atomic E-state index is 7.21. The van der Waals surface area contributed by atoms with E-state index in [-0.39, 0.29) is 23.1 Å². The molecule has 2 aliphatic heterocycles. The Morgan fingerprint density at radius 3 is 1.83 bits per heavy atom. The Labute approximate surface area is 406 Å². The summed E-state index contributed by atoms with van der Waals surface area (Å²) in [4.78, 5) is 5.31. The van der Waals surface area contributed by atoms with E-state index >= 15 is 0 Å². The molecule has 0 radical (unpaired) electrons. The van der Waals surface area contributed by atoms with Crippen molar-refractivity contribution in [2.45, 2.75) is 71.6 Å². The van der Waals surface area contributed by atoms with Gasteiger partial charge >= 0.3 is 6.85 Å². The molecule has 3 nitrogen and oxygen atoms in total. The molecule has 0 amide bonds. The summed E-state index contributed by atoms with van der Waals surface area (Å²) in [6, 6.07) is 70.6. The molecule has 334 valence electrons. The quantitative estimate of drug-likeness (QED) is 0.164. The Kier molecular flexibility index (Phi) is 8.88. The normalized spacial score (nSPS) is 14.4. The summed E-state index contributed by atoms with van der Waals surface area (Å²) in [6.07, 6.45) is 0. The van der Waals surface area contributed by atoms with Crippen LogP contribution in [0.25, 0.3) is 66.4 Å². The first-order chi connectivity index (χ1) is 33.3. The summed E-state index contributed by atoms with van der Waals surface area (Å²) in [7, 11) is 0. The van der Waals surface area contributed by atoms with Crippen molar-refractivity contribution < 1.29 is 4.42 Å². The number of fused-ring (bicyclic) bond motifs is 12. The number of hydrogen-bond donors (Lipinski definition) is 0. The highest BCUT2D eigenvalue weighted by Gasteiger charge is 2.51. The molecule has 0 atom stereocenters. The Morgan fingerprint density at radius 1 is 0.449 bits per heavy atom. The fraction of sp³-hybridized carbons (Fsp3) is 0.169. The third-order valence-electron chi connectivity index (χ3n) is 15.5. The minimum absolute atomic E-state index is 0.000948. The van der Waals surface area contributed by atoms with E-state index in [1.807, 2.05) is 0 Å². The maximum atomic E-state index is 7.21. The van der Waals surface area contributed by atoms with Gasteiger partial charge in [0.15, 0.2) is 0 Å². The fourth-order valence-corrected chi connectivity index (χ4v) is 12.1. The fourth-order valence-electron chi connectivity index (χ4n) is 12.1. The predicted molar refractivity (Wildman–Crippen MR) is 293 cm³/mol. The topological polar surface area (TPSA) is 19.6 Å². The van der Waals surface area contributed by atoms with Gasteiger partial charge in [0.25, 0.3) is 0 Å². The van der Waals surface area contributed by atoms with E-state index in [2.05, 4.69) is 253 Å². The van der Waals surface area contributed by atoms with E-state index in [1.165, 1.54) is 83.6 Å². The van der Waals surface area contributed by atoms with Gasteiger partial charge in [-0.15, -0.1) is 0 Å². The zero-order valence-electron chi connectivity index (χ0n) is 40.8. The summed E-state index contributed by atoms with van der Waals surface area (Å²) < 4.78 is 7.21. The van der Waals surface area contributed by atoms with Crippen LogP contribution >= 0.6 is 0 Å². The Bertz CT molecular complexity index is 3720. The number of benzene rings is 9. The Morgan fingerprint density at radius 2 is 1.09 bits per heavy atom. The molecule has 69 heavy (non-hydrogen) atoms. The second kappa shape index (κ2) is 14.7. The molecule has 0 spiro atoms. The standard InChI is InChI=1S/C65H55BN2O/c1-63(2,3)43-28-31-45(32-29-43)68-55-37-42(40-19-11-9-12-20-40)27-33-49(55)58-60-56(39-51-47-24-16-18-26-57(47)69-62(51)58)67(53-35-30-44(64(4,5)6)38-50(53)41-21-13-10-14-22-41)54-36-34-48-46-23-15-17-25-52(46)65(7,8)59(48)61(54)66(60)68/h9-39H,1-8H3. The molecule has 0 bridgehead atoms. The van der Waals surface area contributed by atoms with E-state index in [1.54, 1.807) is 0 Å². The van der Waals surface area contributed by atoms with Crippen molar-refractivity contribution >= 4 is 68.1 Å². The average Bonchev–Trinajstić information content (AvgIpc) is 3.85. The van der Waals surface area contributed by atoms with Crippen molar-refractivity contribution in [2.75, 3.05) is 9.71 Å². The monoisotopic (exact) mass is 890 g/mol. The van der Waals surface area contributed by atoms with Crippen LogP contribution in [0.5, 0.6) is 0 Å². The molecule has 3 heterocycles. The summed E-state index contributed by atoms with van der Waals surface area (Å²) >= 11 is 0. The van der Waals surface area contributed by atoms with Gasteiger partial charge in [-0.2, -0.15) is 0 Å². The number of anilines is 5. The highest BCUT2D eigenvalue weighted by molar-refractivity contribution is 6.94. The number of hydrogen-bond acceptors (Lipinski definition) is 3. The van der Waals surface area contributed by atoms with Crippen LogP contribution in [-0.4, -0.2) is 6.85 Å². The van der Waals surface area contributed by atoms with Crippen LogP contribution in [0.15, 0.2) is 192 Å².